The first-order chi connectivity index (χ1) is 8.99. The van der Waals surface area contributed by atoms with Crippen molar-refractivity contribution < 1.29 is 13.6 Å². The minimum atomic E-state index is -1.14. The van der Waals surface area contributed by atoms with Crippen LogP contribution < -0.4 is 5.32 Å². The van der Waals surface area contributed by atoms with Crippen molar-refractivity contribution in [3.63, 3.8) is 0 Å². The summed E-state index contributed by atoms with van der Waals surface area (Å²) in [6.45, 7) is 0. The van der Waals surface area contributed by atoms with Gasteiger partial charge in [0.2, 0.25) is 0 Å². The summed E-state index contributed by atoms with van der Waals surface area (Å²) in [5, 5.41) is 2.62. The number of hydrogen-bond donors (Lipinski definition) is 1. The summed E-state index contributed by atoms with van der Waals surface area (Å²) in [5.74, 6) is -2.93. The molecule has 2 nitrogen and oxygen atoms in total. The average molecular weight is 302 g/mol. The van der Waals surface area contributed by atoms with Crippen molar-refractivity contribution in [2.45, 2.75) is 0 Å². The van der Waals surface area contributed by atoms with E-state index in [-0.39, 0.29) is 10.6 Å². The van der Waals surface area contributed by atoms with Gasteiger partial charge in [-0.05, 0) is 24.3 Å². The van der Waals surface area contributed by atoms with Gasteiger partial charge in [-0.15, -0.1) is 0 Å². The Morgan fingerprint density at radius 3 is 2.32 bits per heavy atom. The van der Waals surface area contributed by atoms with Gasteiger partial charge in [-0.1, -0.05) is 35.3 Å². The van der Waals surface area contributed by atoms with E-state index in [1.807, 2.05) is 0 Å². The fourth-order valence-corrected chi connectivity index (χ4v) is 1.87. The lowest BCUT2D eigenvalue weighted by molar-refractivity contribution is 0.102. The van der Waals surface area contributed by atoms with E-state index in [9.17, 15) is 13.6 Å². The van der Waals surface area contributed by atoms with Gasteiger partial charge in [-0.25, -0.2) is 8.78 Å². The van der Waals surface area contributed by atoms with E-state index in [0.29, 0.717) is 10.7 Å². The minimum Gasteiger partial charge on any atom is -0.321 e. The van der Waals surface area contributed by atoms with Crippen molar-refractivity contribution in [2.24, 2.45) is 0 Å². The van der Waals surface area contributed by atoms with Gasteiger partial charge in [-0.3, -0.25) is 4.79 Å². The molecule has 2 aromatic carbocycles. The maximum Gasteiger partial charge on any atom is 0.257 e. The van der Waals surface area contributed by atoms with Crippen molar-refractivity contribution in [1.82, 2.24) is 0 Å². The van der Waals surface area contributed by atoms with Crippen molar-refractivity contribution in [2.75, 3.05) is 5.32 Å². The van der Waals surface area contributed by atoms with Crippen LogP contribution in [0.25, 0.3) is 0 Å². The Hall–Kier alpha value is -1.65. The quantitative estimate of drug-likeness (QED) is 0.812. The fraction of sp³-hybridized carbons (Fsp3) is 0. The average Bonchev–Trinajstić information content (AvgIpc) is 2.36. The number of halogens is 4. The lowest BCUT2D eigenvalue weighted by atomic mass is 10.2. The van der Waals surface area contributed by atoms with E-state index in [4.69, 9.17) is 23.2 Å². The van der Waals surface area contributed by atoms with Gasteiger partial charge < -0.3 is 5.32 Å². The Bertz CT molecular complexity index is 647. The Morgan fingerprint density at radius 1 is 1.00 bits per heavy atom. The van der Waals surface area contributed by atoms with Crippen LogP contribution in [0.5, 0.6) is 0 Å². The molecule has 0 radical (unpaired) electrons. The zero-order chi connectivity index (χ0) is 14.0. The molecule has 98 valence electrons. The maximum atomic E-state index is 13.1. The molecule has 0 unspecified atom stereocenters. The van der Waals surface area contributed by atoms with Crippen molar-refractivity contribution in [3.05, 3.63) is 63.6 Å². The van der Waals surface area contributed by atoms with E-state index in [0.717, 1.165) is 12.1 Å². The molecule has 0 bridgehead atoms. The maximum absolute atomic E-state index is 13.1. The largest absolute Gasteiger partial charge is 0.321 e. The van der Waals surface area contributed by atoms with Crippen LogP contribution in [-0.2, 0) is 0 Å². The third-order valence-electron chi connectivity index (χ3n) is 2.38. The van der Waals surface area contributed by atoms with Crippen molar-refractivity contribution in [3.8, 4) is 0 Å². The number of amides is 1. The lowest BCUT2D eigenvalue weighted by Gasteiger charge is -2.08. The molecule has 1 amide bonds. The van der Waals surface area contributed by atoms with Gasteiger partial charge in [0.1, 0.15) is 0 Å². The normalized spacial score (nSPS) is 10.3. The summed E-state index contributed by atoms with van der Waals surface area (Å²) in [7, 11) is 0. The van der Waals surface area contributed by atoms with Gasteiger partial charge in [0.25, 0.3) is 5.91 Å². The molecule has 0 aliphatic rings. The summed E-state index contributed by atoms with van der Waals surface area (Å²) in [4.78, 5) is 11.9. The smallest absolute Gasteiger partial charge is 0.257 e. The Labute approximate surface area is 118 Å². The molecule has 0 atom stereocenters. The van der Waals surface area contributed by atoms with Crippen LogP contribution in [0.2, 0.25) is 10.0 Å². The number of rotatable bonds is 2. The van der Waals surface area contributed by atoms with Crippen LogP contribution in [0.3, 0.4) is 0 Å². The van der Waals surface area contributed by atoms with Gasteiger partial charge in [0.05, 0.1) is 21.3 Å². The Kier molecular flexibility index (Phi) is 4.02. The SMILES string of the molecule is O=C(Nc1ccccc1Cl)c1cc(F)c(F)cc1Cl. The molecule has 0 aromatic heterocycles. The molecular weight excluding hydrogens is 295 g/mol. The molecule has 0 fully saturated rings. The molecule has 0 spiro atoms. The zero-order valence-corrected chi connectivity index (χ0v) is 10.9. The topological polar surface area (TPSA) is 29.1 Å². The second-order valence-electron chi connectivity index (χ2n) is 3.68. The molecule has 0 aliphatic carbocycles. The number of nitrogens with one attached hydrogen (secondary N) is 1. The number of para-hydroxylation sites is 1. The highest BCUT2D eigenvalue weighted by Crippen LogP contribution is 2.24. The Balaban J connectivity index is 2.31. The first-order valence-electron chi connectivity index (χ1n) is 5.19. The molecule has 0 heterocycles. The van der Waals surface area contributed by atoms with E-state index in [2.05, 4.69) is 5.32 Å². The van der Waals surface area contributed by atoms with E-state index in [1.165, 1.54) is 0 Å². The third-order valence-corrected chi connectivity index (χ3v) is 3.02. The second kappa shape index (κ2) is 5.55. The number of hydrogen-bond acceptors (Lipinski definition) is 1. The highest BCUT2D eigenvalue weighted by molar-refractivity contribution is 6.35. The third kappa shape index (κ3) is 3.03. The first kappa shape index (κ1) is 13.8. The van der Waals surface area contributed by atoms with Gasteiger partial charge >= 0.3 is 0 Å². The molecule has 0 aliphatic heterocycles. The molecule has 0 saturated heterocycles. The number of carbonyl (C=O) groups is 1. The zero-order valence-electron chi connectivity index (χ0n) is 9.38. The molecule has 19 heavy (non-hydrogen) atoms. The molecule has 2 rings (SSSR count). The predicted octanol–water partition coefficient (Wildman–Crippen LogP) is 4.52. The summed E-state index contributed by atoms with van der Waals surface area (Å²) >= 11 is 11.6. The monoisotopic (exact) mass is 301 g/mol. The van der Waals surface area contributed by atoms with Crippen LogP contribution in [0, 0.1) is 11.6 Å². The van der Waals surface area contributed by atoms with Crippen molar-refractivity contribution >= 4 is 34.8 Å². The molecule has 1 N–H and O–H groups in total. The van der Waals surface area contributed by atoms with E-state index in [1.54, 1.807) is 24.3 Å². The van der Waals surface area contributed by atoms with Crippen molar-refractivity contribution in [1.29, 1.82) is 0 Å². The standard InChI is InChI=1S/C13H7Cl2F2NO/c14-8-3-1-2-4-12(8)18-13(19)7-5-10(16)11(17)6-9(7)15/h1-6H,(H,18,19). The predicted molar refractivity (Wildman–Crippen MR) is 70.8 cm³/mol. The summed E-state index contributed by atoms with van der Waals surface area (Å²) in [6.07, 6.45) is 0. The van der Waals surface area contributed by atoms with Crippen LogP contribution in [0.1, 0.15) is 10.4 Å². The summed E-state index contributed by atoms with van der Waals surface area (Å²) < 4.78 is 26.0. The number of carbonyl (C=O) groups excluding carboxylic acids is 1. The Morgan fingerprint density at radius 2 is 1.63 bits per heavy atom. The molecule has 6 heteroatoms. The van der Waals surface area contributed by atoms with Crippen LogP contribution in [-0.4, -0.2) is 5.91 Å². The van der Waals surface area contributed by atoms with Crippen LogP contribution in [0.4, 0.5) is 14.5 Å². The highest BCUT2D eigenvalue weighted by atomic mass is 35.5. The van der Waals surface area contributed by atoms with E-state index >= 15 is 0 Å². The van der Waals surface area contributed by atoms with Gasteiger partial charge in [0.15, 0.2) is 11.6 Å². The van der Waals surface area contributed by atoms with E-state index < -0.39 is 17.5 Å². The molecule has 0 saturated carbocycles. The summed E-state index contributed by atoms with van der Waals surface area (Å²) in [6, 6.07) is 8.02. The van der Waals surface area contributed by atoms with Crippen LogP contribution in [0.15, 0.2) is 36.4 Å². The fourth-order valence-electron chi connectivity index (χ4n) is 1.45. The molecular formula is C13H7Cl2F2NO. The molecule has 2 aromatic rings. The minimum absolute atomic E-state index is 0.166. The van der Waals surface area contributed by atoms with Crippen LogP contribution >= 0.6 is 23.2 Å². The number of anilines is 1. The highest BCUT2D eigenvalue weighted by Gasteiger charge is 2.15. The first-order valence-corrected chi connectivity index (χ1v) is 5.95. The number of benzene rings is 2. The van der Waals surface area contributed by atoms with Gasteiger partial charge in [0, 0.05) is 0 Å². The summed E-state index contributed by atoms with van der Waals surface area (Å²) in [5.41, 5.74) is 0.190. The second-order valence-corrected chi connectivity index (χ2v) is 4.49. The lowest BCUT2D eigenvalue weighted by Crippen LogP contribution is -2.13. The van der Waals surface area contributed by atoms with Gasteiger partial charge in [-0.2, -0.15) is 0 Å².